The first-order valence-electron chi connectivity index (χ1n) is 6.26. The molecule has 0 amide bonds. The molecule has 1 N–H and O–H groups in total. The molecule has 18 heavy (non-hydrogen) atoms. The summed E-state index contributed by atoms with van der Waals surface area (Å²) in [4.78, 5) is 11.3. The fourth-order valence-corrected chi connectivity index (χ4v) is 2.00. The van der Waals surface area contributed by atoms with Crippen LogP contribution in [0.1, 0.15) is 32.6 Å². The standard InChI is InChI=1S/C14H20N2O2/c1-11(17)14(10-15)12-5-3-6-13(9-12)16-7-4-8-18-2/h9,16H,3-8H2,1-2H3/b14-12-. The number of methoxy groups -OCH3 is 1. The lowest BCUT2D eigenvalue weighted by Crippen LogP contribution is -2.18. The van der Waals surface area contributed by atoms with Gasteiger partial charge in [-0.1, -0.05) is 0 Å². The van der Waals surface area contributed by atoms with Crippen LogP contribution in [-0.2, 0) is 9.53 Å². The van der Waals surface area contributed by atoms with Crippen molar-refractivity contribution in [2.45, 2.75) is 32.6 Å². The molecule has 0 aromatic carbocycles. The number of carbonyl (C=O) groups is 1. The summed E-state index contributed by atoms with van der Waals surface area (Å²) < 4.78 is 4.98. The predicted molar refractivity (Wildman–Crippen MR) is 69.7 cm³/mol. The first-order valence-corrected chi connectivity index (χ1v) is 6.26. The maximum atomic E-state index is 11.3. The van der Waals surface area contributed by atoms with Gasteiger partial charge in [-0.05, 0) is 44.3 Å². The zero-order valence-electron chi connectivity index (χ0n) is 11.1. The average molecular weight is 248 g/mol. The van der Waals surface area contributed by atoms with Gasteiger partial charge in [0.25, 0.3) is 0 Å². The molecule has 0 heterocycles. The van der Waals surface area contributed by atoms with Crippen molar-refractivity contribution in [2.24, 2.45) is 0 Å². The number of nitrogens with zero attached hydrogens (tertiary/aromatic N) is 1. The Balaban J connectivity index is 2.68. The largest absolute Gasteiger partial charge is 0.388 e. The van der Waals surface area contributed by atoms with Crippen molar-refractivity contribution in [3.05, 3.63) is 22.9 Å². The van der Waals surface area contributed by atoms with Crippen LogP contribution in [0.15, 0.2) is 22.9 Å². The van der Waals surface area contributed by atoms with Crippen LogP contribution < -0.4 is 5.32 Å². The van der Waals surface area contributed by atoms with Gasteiger partial charge in [-0.25, -0.2) is 0 Å². The molecule has 0 unspecified atom stereocenters. The van der Waals surface area contributed by atoms with Crippen LogP contribution in [0.2, 0.25) is 0 Å². The van der Waals surface area contributed by atoms with Gasteiger partial charge in [0.15, 0.2) is 5.78 Å². The van der Waals surface area contributed by atoms with E-state index >= 15 is 0 Å². The maximum absolute atomic E-state index is 11.3. The smallest absolute Gasteiger partial charge is 0.170 e. The van der Waals surface area contributed by atoms with E-state index in [1.54, 1.807) is 7.11 Å². The summed E-state index contributed by atoms with van der Waals surface area (Å²) in [7, 11) is 1.69. The number of Topliss-reactive ketones (excluding diaryl/α,β-unsaturated/α-hetero) is 1. The number of allylic oxidation sites excluding steroid dienone is 4. The van der Waals surface area contributed by atoms with E-state index in [0.29, 0.717) is 5.57 Å². The molecule has 1 aliphatic carbocycles. The van der Waals surface area contributed by atoms with Gasteiger partial charge in [0, 0.05) is 26.0 Å². The highest BCUT2D eigenvalue weighted by molar-refractivity contribution is 5.98. The lowest BCUT2D eigenvalue weighted by molar-refractivity contribution is -0.113. The summed E-state index contributed by atoms with van der Waals surface area (Å²) in [5.74, 6) is -0.149. The Bertz CT molecular complexity index is 403. The molecule has 4 nitrogen and oxygen atoms in total. The molecule has 0 bridgehead atoms. The van der Waals surface area contributed by atoms with E-state index in [4.69, 9.17) is 10.00 Å². The van der Waals surface area contributed by atoms with Crippen LogP contribution in [-0.4, -0.2) is 26.0 Å². The third kappa shape index (κ3) is 4.34. The first-order chi connectivity index (χ1) is 8.69. The Morgan fingerprint density at radius 1 is 1.56 bits per heavy atom. The van der Waals surface area contributed by atoms with E-state index in [9.17, 15) is 4.79 Å². The summed E-state index contributed by atoms with van der Waals surface area (Å²) in [5.41, 5.74) is 2.28. The fourth-order valence-electron chi connectivity index (χ4n) is 2.00. The number of nitriles is 1. The Morgan fingerprint density at radius 3 is 2.94 bits per heavy atom. The molecule has 0 radical (unpaired) electrons. The Labute approximate surface area is 108 Å². The van der Waals surface area contributed by atoms with E-state index < -0.39 is 0 Å². The van der Waals surface area contributed by atoms with Gasteiger partial charge in [-0.3, -0.25) is 4.79 Å². The summed E-state index contributed by atoms with van der Waals surface area (Å²) in [6.07, 6.45) is 5.68. The van der Waals surface area contributed by atoms with Crippen LogP contribution in [0, 0.1) is 11.3 Å². The van der Waals surface area contributed by atoms with Crippen molar-refractivity contribution in [1.29, 1.82) is 5.26 Å². The molecular weight excluding hydrogens is 228 g/mol. The van der Waals surface area contributed by atoms with Crippen LogP contribution in [0.3, 0.4) is 0 Å². The van der Waals surface area contributed by atoms with Gasteiger partial charge < -0.3 is 10.1 Å². The van der Waals surface area contributed by atoms with Crippen molar-refractivity contribution < 1.29 is 9.53 Å². The number of nitrogens with one attached hydrogen (secondary N) is 1. The summed E-state index contributed by atoms with van der Waals surface area (Å²) in [5, 5.41) is 12.3. The third-order valence-electron chi connectivity index (χ3n) is 2.90. The quantitative estimate of drug-likeness (QED) is 0.444. The summed E-state index contributed by atoms with van der Waals surface area (Å²) in [6.45, 7) is 3.04. The number of hydrogen-bond acceptors (Lipinski definition) is 4. The predicted octanol–water partition coefficient (Wildman–Crippen LogP) is 2.09. The van der Waals surface area contributed by atoms with Gasteiger partial charge in [0.1, 0.15) is 6.07 Å². The van der Waals surface area contributed by atoms with Crippen molar-refractivity contribution >= 4 is 5.78 Å². The lowest BCUT2D eigenvalue weighted by Gasteiger charge is -2.17. The second-order valence-electron chi connectivity index (χ2n) is 4.36. The summed E-state index contributed by atoms with van der Waals surface area (Å²) >= 11 is 0. The fraction of sp³-hybridized carbons (Fsp3) is 0.571. The molecule has 0 saturated carbocycles. The monoisotopic (exact) mass is 248 g/mol. The number of rotatable bonds is 6. The number of ether oxygens (including phenoxy) is 1. The van der Waals surface area contributed by atoms with E-state index in [2.05, 4.69) is 5.32 Å². The Morgan fingerprint density at radius 2 is 2.33 bits per heavy atom. The lowest BCUT2D eigenvalue weighted by atomic mass is 9.94. The molecule has 0 fully saturated rings. The van der Waals surface area contributed by atoms with Gasteiger partial charge in [0.2, 0.25) is 0 Å². The third-order valence-corrected chi connectivity index (χ3v) is 2.90. The highest BCUT2D eigenvalue weighted by Gasteiger charge is 2.14. The Hall–Kier alpha value is -1.60. The average Bonchev–Trinajstić information content (AvgIpc) is 2.36. The van der Waals surface area contributed by atoms with Gasteiger partial charge >= 0.3 is 0 Å². The molecule has 0 spiro atoms. The molecule has 1 rings (SSSR count). The molecule has 98 valence electrons. The highest BCUT2D eigenvalue weighted by atomic mass is 16.5. The molecule has 0 aliphatic heterocycles. The van der Waals surface area contributed by atoms with Crippen molar-refractivity contribution in [3.63, 3.8) is 0 Å². The number of hydrogen-bond donors (Lipinski definition) is 1. The molecule has 4 heteroatoms. The number of carbonyl (C=O) groups excluding carboxylic acids is 1. The minimum absolute atomic E-state index is 0.149. The van der Waals surface area contributed by atoms with Crippen molar-refractivity contribution in [2.75, 3.05) is 20.3 Å². The van der Waals surface area contributed by atoms with Crippen LogP contribution >= 0.6 is 0 Å². The normalized spacial score (nSPS) is 17.7. The molecular formula is C14H20N2O2. The highest BCUT2D eigenvalue weighted by Crippen LogP contribution is 2.23. The van der Waals surface area contributed by atoms with Crippen LogP contribution in [0.5, 0.6) is 0 Å². The van der Waals surface area contributed by atoms with E-state index in [1.807, 2.05) is 12.1 Å². The Kier molecular flexibility index (Phi) is 6.16. The van der Waals surface area contributed by atoms with Crippen LogP contribution in [0.4, 0.5) is 0 Å². The minimum atomic E-state index is -0.149. The molecule has 0 atom stereocenters. The second-order valence-corrected chi connectivity index (χ2v) is 4.36. The maximum Gasteiger partial charge on any atom is 0.170 e. The topological polar surface area (TPSA) is 62.1 Å². The molecule has 0 aromatic rings. The first kappa shape index (κ1) is 14.5. The number of ketones is 1. The second kappa shape index (κ2) is 7.67. The van der Waals surface area contributed by atoms with Gasteiger partial charge in [-0.15, -0.1) is 0 Å². The zero-order chi connectivity index (χ0) is 13.4. The van der Waals surface area contributed by atoms with Gasteiger partial charge in [0.05, 0.1) is 5.57 Å². The van der Waals surface area contributed by atoms with Crippen molar-refractivity contribution in [1.82, 2.24) is 5.32 Å². The zero-order valence-corrected chi connectivity index (χ0v) is 11.1. The summed E-state index contributed by atoms with van der Waals surface area (Å²) in [6, 6.07) is 2.01. The molecule has 0 aromatic heterocycles. The van der Waals surface area contributed by atoms with E-state index in [1.165, 1.54) is 6.92 Å². The SMILES string of the molecule is COCCCNC1=C/C(=C(/C#N)C(C)=O)CCC1. The molecule has 0 saturated heterocycles. The van der Waals surface area contributed by atoms with Crippen molar-refractivity contribution in [3.8, 4) is 6.07 Å². The van der Waals surface area contributed by atoms with Crippen LogP contribution in [0.25, 0.3) is 0 Å². The van der Waals surface area contributed by atoms with E-state index in [-0.39, 0.29) is 5.78 Å². The molecule has 1 aliphatic rings. The minimum Gasteiger partial charge on any atom is -0.388 e. The van der Waals surface area contributed by atoms with E-state index in [0.717, 1.165) is 50.1 Å². The van der Waals surface area contributed by atoms with Gasteiger partial charge in [-0.2, -0.15) is 5.26 Å².